The summed E-state index contributed by atoms with van der Waals surface area (Å²) >= 11 is 0. The number of ether oxygens (including phenoxy) is 3. The van der Waals surface area contributed by atoms with Gasteiger partial charge in [0, 0.05) is 18.9 Å². The first-order valence-corrected chi connectivity index (χ1v) is 2.30. The van der Waals surface area contributed by atoms with Crippen molar-refractivity contribution in [2.75, 3.05) is 13.2 Å². The van der Waals surface area contributed by atoms with Crippen LogP contribution in [0.4, 0.5) is 9.59 Å². The summed E-state index contributed by atoms with van der Waals surface area (Å²) in [5.41, 5.74) is 0. The first-order valence-electron chi connectivity index (χ1n) is 2.30. The van der Waals surface area contributed by atoms with Gasteiger partial charge in [0.2, 0.25) is 0 Å². The fraction of sp³-hybridized carbons (Fsp3) is 0.500. The normalized spacial score (nSPS) is 17.2. The van der Waals surface area contributed by atoms with E-state index >= 15 is 0 Å². The SMILES string of the molecule is O=C1OCCOC(=O)O1.[Li]. The van der Waals surface area contributed by atoms with Gasteiger partial charge in [-0.15, -0.1) is 0 Å². The van der Waals surface area contributed by atoms with Crippen LogP contribution in [-0.2, 0) is 14.2 Å². The maximum Gasteiger partial charge on any atom is 0.518 e. The standard InChI is InChI=1S/C4H4O5.Li/c5-3-7-1-2-8-4(6)9-3;/h1-2H2;. The Kier molecular flexibility index (Phi) is 3.92. The Morgan fingerprint density at radius 2 is 1.40 bits per heavy atom. The molecule has 51 valence electrons. The number of carbonyl (C=O) groups is 2. The molecule has 1 fully saturated rings. The Balaban J connectivity index is 0.000000810. The minimum Gasteiger partial charge on any atom is -0.430 e. The van der Waals surface area contributed by atoms with E-state index in [-0.39, 0.29) is 32.1 Å². The molecule has 0 unspecified atom stereocenters. The van der Waals surface area contributed by atoms with Crippen LogP contribution >= 0.6 is 0 Å². The van der Waals surface area contributed by atoms with Gasteiger partial charge in [-0.1, -0.05) is 0 Å². The fourth-order valence-electron chi connectivity index (χ4n) is 0.377. The van der Waals surface area contributed by atoms with E-state index in [0.29, 0.717) is 0 Å². The second-order valence-corrected chi connectivity index (χ2v) is 1.30. The summed E-state index contributed by atoms with van der Waals surface area (Å²) in [6.07, 6.45) is -2.00. The quantitative estimate of drug-likeness (QED) is 0.266. The molecule has 6 heteroatoms. The van der Waals surface area contributed by atoms with Crippen molar-refractivity contribution in [3.63, 3.8) is 0 Å². The van der Waals surface area contributed by atoms with E-state index in [2.05, 4.69) is 14.2 Å². The minimum atomic E-state index is -1.00. The molecule has 0 atom stereocenters. The second-order valence-electron chi connectivity index (χ2n) is 1.30. The van der Waals surface area contributed by atoms with Gasteiger partial charge in [-0.3, -0.25) is 0 Å². The maximum atomic E-state index is 10.1. The van der Waals surface area contributed by atoms with Gasteiger partial charge in [0.15, 0.2) is 0 Å². The molecule has 0 aliphatic carbocycles. The molecule has 1 aliphatic heterocycles. The van der Waals surface area contributed by atoms with Gasteiger partial charge < -0.3 is 14.2 Å². The molecule has 0 N–H and O–H groups in total. The maximum absolute atomic E-state index is 10.1. The van der Waals surface area contributed by atoms with E-state index in [9.17, 15) is 9.59 Å². The molecular formula is C4H4LiO5. The largest absolute Gasteiger partial charge is 0.518 e. The molecule has 1 aliphatic rings. The van der Waals surface area contributed by atoms with Gasteiger partial charge in [0.1, 0.15) is 13.2 Å². The van der Waals surface area contributed by atoms with E-state index in [1.54, 1.807) is 0 Å². The first kappa shape index (κ1) is 9.34. The Morgan fingerprint density at radius 3 is 1.80 bits per heavy atom. The van der Waals surface area contributed by atoms with Crippen molar-refractivity contribution in [3.8, 4) is 0 Å². The van der Waals surface area contributed by atoms with Crippen LogP contribution in [0.3, 0.4) is 0 Å². The number of carbonyl (C=O) groups excluding carboxylic acids is 2. The van der Waals surface area contributed by atoms with Crippen molar-refractivity contribution in [2.24, 2.45) is 0 Å². The van der Waals surface area contributed by atoms with Crippen LogP contribution in [0.5, 0.6) is 0 Å². The smallest absolute Gasteiger partial charge is 0.430 e. The third-order valence-electron chi connectivity index (χ3n) is 0.690. The van der Waals surface area contributed by atoms with Crippen LogP contribution < -0.4 is 0 Å². The van der Waals surface area contributed by atoms with Crippen LogP contribution in [0.25, 0.3) is 0 Å². The molecule has 0 aromatic heterocycles. The van der Waals surface area contributed by atoms with E-state index in [1.165, 1.54) is 0 Å². The van der Waals surface area contributed by atoms with Crippen molar-refractivity contribution >= 4 is 31.2 Å². The predicted octanol–water partition coefficient (Wildman–Crippen LogP) is -0.0910. The summed E-state index contributed by atoms with van der Waals surface area (Å²) < 4.78 is 12.4. The van der Waals surface area contributed by atoms with Crippen molar-refractivity contribution in [1.29, 1.82) is 0 Å². The summed E-state index contributed by atoms with van der Waals surface area (Å²) in [5, 5.41) is 0. The van der Waals surface area contributed by atoms with Crippen LogP contribution in [-0.4, -0.2) is 44.4 Å². The summed E-state index contributed by atoms with van der Waals surface area (Å²) in [6, 6.07) is 0. The van der Waals surface area contributed by atoms with Gasteiger partial charge in [-0.05, 0) is 0 Å². The van der Waals surface area contributed by atoms with E-state index in [4.69, 9.17) is 0 Å². The van der Waals surface area contributed by atoms with Crippen molar-refractivity contribution < 1.29 is 23.8 Å². The van der Waals surface area contributed by atoms with Crippen LogP contribution in [0.2, 0.25) is 0 Å². The average molecular weight is 139 g/mol. The van der Waals surface area contributed by atoms with Crippen molar-refractivity contribution in [1.82, 2.24) is 0 Å². The molecule has 5 nitrogen and oxygen atoms in total. The molecule has 1 rings (SSSR count). The zero-order valence-corrected chi connectivity index (χ0v) is 5.46. The fourth-order valence-corrected chi connectivity index (χ4v) is 0.377. The number of hydrogen-bond donors (Lipinski definition) is 0. The third kappa shape index (κ3) is 2.76. The topological polar surface area (TPSA) is 61.8 Å². The van der Waals surface area contributed by atoms with Crippen molar-refractivity contribution in [3.05, 3.63) is 0 Å². The summed E-state index contributed by atoms with van der Waals surface area (Å²) in [5.74, 6) is 0. The number of hydrogen-bond acceptors (Lipinski definition) is 5. The molecule has 1 saturated heterocycles. The van der Waals surface area contributed by atoms with Crippen LogP contribution in [0.15, 0.2) is 0 Å². The number of cyclic esters (lactones) is 4. The molecule has 0 aromatic carbocycles. The first-order chi connectivity index (χ1) is 4.29. The Labute approximate surface area is 68.8 Å². The summed E-state index contributed by atoms with van der Waals surface area (Å²) in [6.45, 7) is 0.120. The zero-order chi connectivity index (χ0) is 6.69. The molecular weight excluding hydrogens is 135 g/mol. The van der Waals surface area contributed by atoms with E-state index in [1.807, 2.05) is 0 Å². The third-order valence-corrected chi connectivity index (χ3v) is 0.690. The Bertz CT molecular complexity index is 129. The molecule has 1 radical (unpaired) electrons. The van der Waals surface area contributed by atoms with Crippen LogP contribution in [0.1, 0.15) is 0 Å². The van der Waals surface area contributed by atoms with Crippen LogP contribution in [0, 0.1) is 0 Å². The van der Waals surface area contributed by atoms with Gasteiger partial charge in [-0.25, -0.2) is 9.59 Å². The molecule has 1 heterocycles. The van der Waals surface area contributed by atoms with E-state index in [0.717, 1.165) is 0 Å². The van der Waals surface area contributed by atoms with Gasteiger partial charge in [-0.2, -0.15) is 0 Å². The van der Waals surface area contributed by atoms with Gasteiger partial charge >= 0.3 is 12.3 Å². The molecule has 0 saturated carbocycles. The predicted molar refractivity (Wildman–Crippen MR) is 29.5 cm³/mol. The average Bonchev–Trinajstić information content (AvgIpc) is 1.93. The van der Waals surface area contributed by atoms with Gasteiger partial charge in [0.05, 0.1) is 0 Å². The Morgan fingerprint density at radius 1 is 1.00 bits per heavy atom. The second kappa shape index (κ2) is 4.20. The Hall–Kier alpha value is -0.663. The summed E-state index contributed by atoms with van der Waals surface area (Å²) in [4.78, 5) is 20.3. The monoisotopic (exact) mass is 139 g/mol. The van der Waals surface area contributed by atoms with Gasteiger partial charge in [0.25, 0.3) is 0 Å². The molecule has 0 spiro atoms. The molecule has 0 amide bonds. The minimum absolute atomic E-state index is 0. The molecule has 0 bridgehead atoms. The number of rotatable bonds is 0. The van der Waals surface area contributed by atoms with Crippen molar-refractivity contribution in [2.45, 2.75) is 0 Å². The molecule has 0 aromatic rings. The summed E-state index contributed by atoms with van der Waals surface area (Å²) in [7, 11) is 0. The zero-order valence-electron chi connectivity index (χ0n) is 5.46. The van der Waals surface area contributed by atoms with E-state index < -0.39 is 12.3 Å². The molecule has 10 heavy (non-hydrogen) atoms.